The summed E-state index contributed by atoms with van der Waals surface area (Å²) in [6, 6.07) is 0. The third-order valence-electron chi connectivity index (χ3n) is 5.84. The van der Waals surface area contributed by atoms with Gasteiger partial charge in [0, 0.05) is 7.11 Å². The van der Waals surface area contributed by atoms with Crippen LogP contribution in [0.1, 0.15) is 33.6 Å². The van der Waals surface area contributed by atoms with E-state index < -0.39 is 29.4 Å². The Labute approximate surface area is 139 Å². The van der Waals surface area contributed by atoms with Crippen molar-refractivity contribution in [1.82, 2.24) is 0 Å². The van der Waals surface area contributed by atoms with Gasteiger partial charge in [-0.15, -0.1) is 0 Å². The Kier molecular flexibility index (Phi) is 4.13. The van der Waals surface area contributed by atoms with Gasteiger partial charge < -0.3 is 14.2 Å². The summed E-state index contributed by atoms with van der Waals surface area (Å²) >= 11 is 0. The van der Waals surface area contributed by atoms with Crippen LogP contribution >= 0.6 is 0 Å². The highest BCUT2D eigenvalue weighted by Crippen LogP contribution is 2.59. The molecule has 0 N–H and O–H groups in total. The highest BCUT2D eigenvalue weighted by molar-refractivity contribution is 5.96. The fourth-order valence-corrected chi connectivity index (χ4v) is 4.03. The molecule has 136 valence electrons. The van der Waals surface area contributed by atoms with Gasteiger partial charge in [0.25, 0.3) is 0 Å². The summed E-state index contributed by atoms with van der Waals surface area (Å²) in [7, 11) is 1.46. The zero-order chi connectivity index (χ0) is 17.9. The summed E-state index contributed by atoms with van der Waals surface area (Å²) in [6.45, 7) is 5.36. The molecule has 24 heavy (non-hydrogen) atoms. The topological polar surface area (TPSA) is 51.4 Å². The molecule has 1 aliphatic carbocycles. The van der Waals surface area contributed by atoms with E-state index in [1.165, 1.54) is 14.0 Å². The second-order valence-corrected chi connectivity index (χ2v) is 7.35. The van der Waals surface area contributed by atoms with Gasteiger partial charge >= 0.3 is 6.18 Å². The number of alkyl halides is 3. The van der Waals surface area contributed by atoms with Crippen LogP contribution in [0.25, 0.3) is 0 Å². The lowest BCUT2D eigenvalue weighted by Gasteiger charge is -2.37. The summed E-state index contributed by atoms with van der Waals surface area (Å²) < 4.78 is 54.9. The lowest BCUT2D eigenvalue weighted by molar-refractivity contribution is -0.171. The first kappa shape index (κ1) is 17.9. The molecule has 0 bridgehead atoms. The summed E-state index contributed by atoms with van der Waals surface area (Å²) in [4.78, 5) is 12.3. The summed E-state index contributed by atoms with van der Waals surface area (Å²) in [5, 5.41) is 0. The van der Waals surface area contributed by atoms with Crippen molar-refractivity contribution < 1.29 is 32.2 Å². The smallest absolute Gasteiger partial charge is 0.373 e. The molecule has 3 rings (SSSR count). The minimum absolute atomic E-state index is 0.00471. The first-order valence-electron chi connectivity index (χ1n) is 8.20. The van der Waals surface area contributed by atoms with Crippen molar-refractivity contribution >= 4 is 5.78 Å². The number of hydrogen-bond donors (Lipinski definition) is 0. The molecule has 2 heterocycles. The van der Waals surface area contributed by atoms with Crippen LogP contribution in [0, 0.1) is 11.8 Å². The van der Waals surface area contributed by atoms with Crippen molar-refractivity contribution in [2.75, 3.05) is 13.7 Å². The molecule has 0 aromatic heterocycles. The molecule has 6 atom stereocenters. The number of hydrogen-bond acceptors (Lipinski definition) is 4. The highest BCUT2D eigenvalue weighted by Gasteiger charge is 2.72. The number of epoxide rings is 2. The van der Waals surface area contributed by atoms with E-state index in [1.807, 2.05) is 13.8 Å². The van der Waals surface area contributed by atoms with E-state index in [0.717, 1.165) is 5.57 Å². The number of methoxy groups -OCH3 is 1. The Hall–Kier alpha value is -0.920. The largest absolute Gasteiger partial charge is 0.391 e. The van der Waals surface area contributed by atoms with E-state index in [0.29, 0.717) is 13.0 Å². The van der Waals surface area contributed by atoms with Crippen LogP contribution in [-0.4, -0.2) is 49.1 Å². The quantitative estimate of drug-likeness (QED) is 0.717. The van der Waals surface area contributed by atoms with Gasteiger partial charge in [-0.25, -0.2) is 0 Å². The second-order valence-electron chi connectivity index (χ2n) is 7.35. The van der Waals surface area contributed by atoms with Gasteiger partial charge in [0.2, 0.25) is 0 Å². The SMILES string of the molecule is CO[C@@H]1C(=O)C=C(C)[C@]2(CO2)[C@H]1[C@]1(C)O[C@@H]1CCC(C)C(F)(F)F. The van der Waals surface area contributed by atoms with E-state index in [9.17, 15) is 18.0 Å². The normalized spacial score (nSPS) is 42.9. The van der Waals surface area contributed by atoms with Gasteiger partial charge in [-0.05, 0) is 38.3 Å². The van der Waals surface area contributed by atoms with Crippen LogP contribution in [0.5, 0.6) is 0 Å². The maximum absolute atomic E-state index is 12.7. The predicted octanol–water partition coefficient (Wildman–Crippen LogP) is 3.05. The van der Waals surface area contributed by atoms with E-state index >= 15 is 0 Å². The van der Waals surface area contributed by atoms with Crippen molar-refractivity contribution in [3.05, 3.63) is 11.6 Å². The zero-order valence-electron chi connectivity index (χ0n) is 14.3. The first-order valence-corrected chi connectivity index (χ1v) is 8.20. The zero-order valence-corrected chi connectivity index (χ0v) is 14.3. The Bertz CT molecular complexity index is 567. The van der Waals surface area contributed by atoms with Crippen LogP contribution < -0.4 is 0 Å². The molecule has 1 unspecified atom stereocenters. The van der Waals surface area contributed by atoms with Crippen molar-refractivity contribution in [2.45, 2.75) is 63.2 Å². The number of carbonyl (C=O) groups is 1. The molecule has 2 aliphatic heterocycles. The molecule has 0 radical (unpaired) electrons. The van der Waals surface area contributed by atoms with Crippen LogP contribution in [0.3, 0.4) is 0 Å². The Morgan fingerprint density at radius 3 is 2.58 bits per heavy atom. The van der Waals surface area contributed by atoms with E-state index in [-0.39, 0.29) is 24.2 Å². The van der Waals surface area contributed by atoms with Crippen molar-refractivity contribution in [3.8, 4) is 0 Å². The second kappa shape index (κ2) is 5.54. The molecule has 2 fully saturated rings. The predicted molar refractivity (Wildman–Crippen MR) is 79.5 cm³/mol. The van der Waals surface area contributed by atoms with Gasteiger partial charge in [-0.3, -0.25) is 4.79 Å². The Morgan fingerprint density at radius 1 is 1.46 bits per heavy atom. The minimum Gasteiger partial charge on any atom is -0.373 e. The average Bonchev–Trinajstić information content (AvgIpc) is 3.37. The van der Waals surface area contributed by atoms with Crippen LogP contribution in [0.15, 0.2) is 11.6 Å². The van der Waals surface area contributed by atoms with Gasteiger partial charge in [0.1, 0.15) is 17.3 Å². The van der Waals surface area contributed by atoms with Crippen LogP contribution in [0.2, 0.25) is 0 Å². The summed E-state index contributed by atoms with van der Waals surface area (Å²) in [5.41, 5.74) is -0.438. The van der Waals surface area contributed by atoms with E-state index in [4.69, 9.17) is 14.2 Å². The van der Waals surface area contributed by atoms with Gasteiger partial charge in [0.05, 0.1) is 24.5 Å². The highest BCUT2D eigenvalue weighted by atomic mass is 19.4. The standard InChI is InChI=1S/C17H23F3O4/c1-9(17(18,19)20)5-6-12-15(3,24-12)14-13(22-4)11(21)7-10(2)16(14)8-23-16/h7,9,12-14H,5-6,8H2,1-4H3/t9?,12-,13-,14-,15-,16-/m1/s1. The van der Waals surface area contributed by atoms with E-state index in [2.05, 4.69) is 0 Å². The third kappa shape index (κ3) is 2.70. The molecule has 1 spiro atoms. The maximum atomic E-state index is 12.7. The number of ketones is 1. The fourth-order valence-electron chi connectivity index (χ4n) is 4.03. The van der Waals surface area contributed by atoms with Crippen LogP contribution in [0.4, 0.5) is 13.2 Å². The lowest BCUT2D eigenvalue weighted by atomic mass is 9.68. The maximum Gasteiger partial charge on any atom is 0.391 e. The molecule has 7 heteroatoms. The third-order valence-corrected chi connectivity index (χ3v) is 5.84. The Morgan fingerprint density at radius 2 is 2.08 bits per heavy atom. The van der Waals surface area contributed by atoms with Gasteiger partial charge in [-0.1, -0.05) is 6.92 Å². The average molecular weight is 348 g/mol. The molecular weight excluding hydrogens is 325 g/mol. The minimum atomic E-state index is -4.19. The van der Waals surface area contributed by atoms with Crippen molar-refractivity contribution in [3.63, 3.8) is 0 Å². The monoisotopic (exact) mass is 348 g/mol. The number of halogens is 3. The molecule has 0 saturated carbocycles. The molecule has 2 saturated heterocycles. The molecule has 4 nitrogen and oxygen atoms in total. The molecular formula is C17H23F3O4. The molecule has 3 aliphatic rings. The Balaban J connectivity index is 1.74. The molecule has 0 amide bonds. The number of rotatable bonds is 5. The number of ether oxygens (including phenoxy) is 3. The summed E-state index contributed by atoms with van der Waals surface area (Å²) in [5.74, 6) is -1.84. The van der Waals surface area contributed by atoms with Crippen LogP contribution in [-0.2, 0) is 19.0 Å². The first-order chi connectivity index (χ1) is 11.1. The lowest BCUT2D eigenvalue weighted by Crippen LogP contribution is -2.52. The van der Waals surface area contributed by atoms with Crippen molar-refractivity contribution in [2.24, 2.45) is 11.8 Å². The van der Waals surface area contributed by atoms with Gasteiger partial charge in [-0.2, -0.15) is 13.2 Å². The summed E-state index contributed by atoms with van der Waals surface area (Å²) in [6.07, 6.45) is -3.34. The van der Waals surface area contributed by atoms with Crippen molar-refractivity contribution in [1.29, 1.82) is 0 Å². The molecule has 0 aromatic rings. The molecule has 0 aromatic carbocycles. The van der Waals surface area contributed by atoms with E-state index in [1.54, 1.807) is 6.08 Å². The van der Waals surface area contributed by atoms with Gasteiger partial charge in [0.15, 0.2) is 5.78 Å². The number of carbonyl (C=O) groups excluding carboxylic acids is 1. The fraction of sp³-hybridized carbons (Fsp3) is 0.824.